The van der Waals surface area contributed by atoms with E-state index < -0.39 is 18.2 Å². The van der Waals surface area contributed by atoms with E-state index in [0.717, 1.165) is 5.56 Å². The molecule has 1 saturated heterocycles. The Morgan fingerprint density at radius 1 is 1.27 bits per heavy atom. The minimum absolute atomic E-state index is 0.176. The third-order valence-electron chi connectivity index (χ3n) is 3.66. The van der Waals surface area contributed by atoms with Gasteiger partial charge in [0.2, 0.25) is 0 Å². The Morgan fingerprint density at radius 3 is 2.55 bits per heavy atom. The van der Waals surface area contributed by atoms with Crippen LogP contribution in [0.2, 0.25) is 0 Å². The third-order valence-corrected chi connectivity index (χ3v) is 3.66. The van der Waals surface area contributed by atoms with Gasteiger partial charge in [0.25, 0.3) is 5.91 Å². The van der Waals surface area contributed by atoms with Gasteiger partial charge >= 0.3 is 5.97 Å². The molecule has 1 amide bonds. The topological polar surface area (TPSA) is 76.1 Å². The van der Waals surface area contributed by atoms with E-state index in [1.165, 1.54) is 0 Å². The van der Waals surface area contributed by atoms with Gasteiger partial charge < -0.3 is 19.5 Å². The largest absolute Gasteiger partial charge is 0.479 e. The summed E-state index contributed by atoms with van der Waals surface area (Å²) in [4.78, 5) is 25.2. The Morgan fingerprint density at radius 2 is 1.95 bits per heavy atom. The van der Waals surface area contributed by atoms with E-state index in [4.69, 9.17) is 14.6 Å². The standard InChI is InChI=1S/C16H21NO5/c1-21-10-9-17(11-12-5-3-2-4-6-12)15(18)13-7-8-14(22-13)16(19)20/h2-6,13-14H,7-11H2,1H3,(H,19,20)/t13-,14+/m0/s1. The summed E-state index contributed by atoms with van der Waals surface area (Å²) in [6.45, 7) is 1.33. The molecule has 2 atom stereocenters. The van der Waals surface area contributed by atoms with Crippen LogP contribution in [0, 0.1) is 0 Å². The van der Waals surface area contributed by atoms with Crippen molar-refractivity contribution in [1.29, 1.82) is 0 Å². The molecule has 22 heavy (non-hydrogen) atoms. The number of aliphatic carboxylic acids is 1. The van der Waals surface area contributed by atoms with Crippen molar-refractivity contribution >= 4 is 11.9 Å². The average Bonchev–Trinajstić information content (AvgIpc) is 3.02. The van der Waals surface area contributed by atoms with E-state index in [0.29, 0.717) is 32.5 Å². The second-order valence-corrected chi connectivity index (χ2v) is 5.27. The van der Waals surface area contributed by atoms with E-state index in [1.807, 2.05) is 30.3 Å². The highest BCUT2D eigenvalue weighted by atomic mass is 16.5. The highest BCUT2D eigenvalue weighted by Crippen LogP contribution is 2.22. The third kappa shape index (κ3) is 4.29. The van der Waals surface area contributed by atoms with Crippen molar-refractivity contribution < 1.29 is 24.2 Å². The lowest BCUT2D eigenvalue weighted by Gasteiger charge is -2.25. The van der Waals surface area contributed by atoms with E-state index in [-0.39, 0.29) is 5.91 Å². The molecule has 1 aromatic rings. The molecular weight excluding hydrogens is 286 g/mol. The molecule has 6 heteroatoms. The van der Waals surface area contributed by atoms with E-state index in [9.17, 15) is 9.59 Å². The number of carboxylic acid groups (broad SMARTS) is 1. The predicted octanol–water partition coefficient (Wildman–Crippen LogP) is 1.29. The zero-order valence-electron chi connectivity index (χ0n) is 12.6. The Bertz CT molecular complexity index is 505. The zero-order chi connectivity index (χ0) is 15.9. The van der Waals surface area contributed by atoms with Gasteiger partial charge in [0.15, 0.2) is 6.10 Å². The number of carboxylic acids is 1. The van der Waals surface area contributed by atoms with Crippen molar-refractivity contribution in [2.24, 2.45) is 0 Å². The number of hydrogen-bond donors (Lipinski definition) is 1. The second kappa shape index (κ2) is 7.91. The maximum absolute atomic E-state index is 12.6. The minimum atomic E-state index is -1.01. The van der Waals surface area contributed by atoms with Gasteiger partial charge in [-0.25, -0.2) is 4.79 Å². The second-order valence-electron chi connectivity index (χ2n) is 5.27. The molecule has 0 spiro atoms. The van der Waals surface area contributed by atoms with Crippen LogP contribution in [0.3, 0.4) is 0 Å². The maximum Gasteiger partial charge on any atom is 0.332 e. The predicted molar refractivity (Wildman–Crippen MR) is 79.3 cm³/mol. The molecule has 0 aromatic heterocycles. The Labute approximate surface area is 129 Å². The first-order valence-corrected chi connectivity index (χ1v) is 7.31. The first-order chi connectivity index (χ1) is 10.6. The highest BCUT2D eigenvalue weighted by Gasteiger charge is 2.36. The summed E-state index contributed by atoms with van der Waals surface area (Å²) >= 11 is 0. The molecule has 2 rings (SSSR count). The number of benzene rings is 1. The summed E-state index contributed by atoms with van der Waals surface area (Å²) < 4.78 is 10.4. The van der Waals surface area contributed by atoms with Crippen LogP contribution in [0.1, 0.15) is 18.4 Å². The van der Waals surface area contributed by atoms with Crippen LogP contribution in [0.15, 0.2) is 30.3 Å². The number of hydrogen-bond acceptors (Lipinski definition) is 4. The normalized spacial score (nSPS) is 20.8. The molecule has 1 heterocycles. The first-order valence-electron chi connectivity index (χ1n) is 7.31. The molecule has 0 aliphatic carbocycles. The van der Waals surface area contributed by atoms with Crippen molar-refractivity contribution in [3.63, 3.8) is 0 Å². The van der Waals surface area contributed by atoms with Crippen LogP contribution < -0.4 is 0 Å². The summed E-state index contributed by atoms with van der Waals surface area (Å²) in [5.41, 5.74) is 1.01. The molecule has 1 aliphatic rings. The summed E-state index contributed by atoms with van der Waals surface area (Å²) in [5.74, 6) is -1.19. The molecule has 0 bridgehead atoms. The average molecular weight is 307 g/mol. The maximum atomic E-state index is 12.6. The molecule has 0 saturated carbocycles. The van der Waals surface area contributed by atoms with Crippen molar-refractivity contribution in [2.75, 3.05) is 20.3 Å². The summed E-state index contributed by atoms with van der Waals surface area (Å²) in [6, 6.07) is 9.65. The monoisotopic (exact) mass is 307 g/mol. The molecule has 0 radical (unpaired) electrons. The number of ether oxygens (including phenoxy) is 2. The number of amides is 1. The van der Waals surface area contributed by atoms with Crippen molar-refractivity contribution in [3.05, 3.63) is 35.9 Å². The van der Waals surface area contributed by atoms with Gasteiger partial charge in [-0.1, -0.05) is 30.3 Å². The van der Waals surface area contributed by atoms with Crippen molar-refractivity contribution in [3.8, 4) is 0 Å². The Hall–Kier alpha value is -1.92. The van der Waals surface area contributed by atoms with Crippen molar-refractivity contribution in [1.82, 2.24) is 4.90 Å². The van der Waals surface area contributed by atoms with Gasteiger partial charge in [-0.05, 0) is 18.4 Å². The van der Waals surface area contributed by atoms with Crippen LogP contribution in [-0.4, -0.2) is 54.4 Å². The van der Waals surface area contributed by atoms with E-state index in [1.54, 1.807) is 12.0 Å². The quantitative estimate of drug-likeness (QED) is 0.821. The van der Waals surface area contributed by atoms with Gasteiger partial charge in [-0.15, -0.1) is 0 Å². The van der Waals surface area contributed by atoms with Crippen molar-refractivity contribution in [2.45, 2.75) is 31.6 Å². The van der Waals surface area contributed by atoms with Crippen LogP contribution in [0.25, 0.3) is 0 Å². The van der Waals surface area contributed by atoms with Gasteiger partial charge in [-0.2, -0.15) is 0 Å². The van der Waals surface area contributed by atoms with E-state index >= 15 is 0 Å². The molecular formula is C16H21NO5. The zero-order valence-corrected chi connectivity index (χ0v) is 12.6. The number of nitrogens with zero attached hydrogens (tertiary/aromatic N) is 1. The van der Waals surface area contributed by atoms with Gasteiger partial charge in [-0.3, -0.25) is 4.79 Å². The number of carbonyl (C=O) groups excluding carboxylic acids is 1. The fourth-order valence-electron chi connectivity index (χ4n) is 2.48. The van der Waals surface area contributed by atoms with Gasteiger partial charge in [0, 0.05) is 20.2 Å². The fourth-order valence-corrected chi connectivity index (χ4v) is 2.48. The smallest absolute Gasteiger partial charge is 0.332 e. The number of methoxy groups -OCH3 is 1. The highest BCUT2D eigenvalue weighted by molar-refractivity contribution is 5.82. The van der Waals surface area contributed by atoms with Crippen LogP contribution in [0.5, 0.6) is 0 Å². The lowest BCUT2D eigenvalue weighted by atomic mass is 10.1. The van der Waals surface area contributed by atoms with Crippen LogP contribution >= 0.6 is 0 Å². The summed E-state index contributed by atoms with van der Waals surface area (Å²) in [7, 11) is 1.58. The van der Waals surface area contributed by atoms with Gasteiger partial charge in [0.1, 0.15) is 6.10 Å². The molecule has 1 aromatic carbocycles. The van der Waals surface area contributed by atoms with Gasteiger partial charge in [0.05, 0.1) is 6.61 Å². The molecule has 0 unspecified atom stereocenters. The minimum Gasteiger partial charge on any atom is -0.479 e. The SMILES string of the molecule is COCCN(Cc1ccccc1)C(=O)[C@@H]1CC[C@H](C(=O)O)O1. The van der Waals surface area contributed by atoms with E-state index in [2.05, 4.69) is 0 Å². The number of carbonyl (C=O) groups is 2. The molecule has 120 valence electrons. The number of rotatable bonds is 7. The Balaban J connectivity index is 2.01. The fraction of sp³-hybridized carbons (Fsp3) is 0.500. The molecule has 1 N–H and O–H groups in total. The van der Waals surface area contributed by atoms with Crippen LogP contribution in [0.4, 0.5) is 0 Å². The molecule has 1 aliphatic heterocycles. The summed E-state index contributed by atoms with van der Waals surface area (Å²) in [6.07, 6.45) is -0.750. The van der Waals surface area contributed by atoms with Crippen LogP contribution in [-0.2, 0) is 25.6 Å². The lowest BCUT2D eigenvalue weighted by molar-refractivity contribution is -0.155. The molecule has 1 fully saturated rings. The Kier molecular flexibility index (Phi) is 5.91. The molecule has 6 nitrogen and oxygen atoms in total. The first kappa shape index (κ1) is 16.5. The lowest BCUT2D eigenvalue weighted by Crippen LogP contribution is -2.41. The summed E-state index contributed by atoms with van der Waals surface area (Å²) in [5, 5.41) is 8.96.